The third-order valence-electron chi connectivity index (χ3n) is 6.50. The second-order valence-corrected chi connectivity index (χ2v) is 9.04. The molecule has 1 aromatic carbocycles. The maximum Gasteiger partial charge on any atom is 0.231 e. The Labute approximate surface area is 195 Å². The highest BCUT2D eigenvalue weighted by atomic mass is 35.5. The number of rotatable bonds is 7. The molecule has 0 radical (unpaired) electrons. The van der Waals surface area contributed by atoms with Crippen molar-refractivity contribution in [2.75, 3.05) is 39.6 Å². The Kier molecular flexibility index (Phi) is 7.50. The van der Waals surface area contributed by atoms with E-state index in [2.05, 4.69) is 51.3 Å². The minimum atomic E-state index is 0. The lowest BCUT2D eigenvalue weighted by Crippen LogP contribution is -3.00. The predicted molar refractivity (Wildman–Crippen MR) is 114 cm³/mol. The van der Waals surface area contributed by atoms with Crippen molar-refractivity contribution in [1.82, 2.24) is 30.0 Å². The van der Waals surface area contributed by atoms with Crippen LogP contribution in [0.4, 0.5) is 0 Å². The summed E-state index contributed by atoms with van der Waals surface area (Å²) in [5, 5.41) is 12.7. The molecule has 0 N–H and O–H groups in total. The molecular formula is C22H32ClN6O3-. The third kappa shape index (κ3) is 5.01. The van der Waals surface area contributed by atoms with Gasteiger partial charge in [-0.15, -0.1) is 5.10 Å². The molecule has 1 aromatic heterocycles. The molecule has 2 saturated heterocycles. The van der Waals surface area contributed by atoms with Gasteiger partial charge >= 0.3 is 0 Å². The predicted octanol–water partition coefficient (Wildman–Crippen LogP) is -0.900. The van der Waals surface area contributed by atoms with Gasteiger partial charge in [-0.25, -0.2) is 4.68 Å². The zero-order valence-corrected chi connectivity index (χ0v) is 19.6. The van der Waals surface area contributed by atoms with Crippen molar-refractivity contribution in [3.8, 4) is 11.5 Å². The van der Waals surface area contributed by atoms with Gasteiger partial charge in [-0.05, 0) is 46.9 Å². The van der Waals surface area contributed by atoms with Gasteiger partial charge < -0.3 is 26.6 Å². The van der Waals surface area contributed by atoms with Crippen molar-refractivity contribution in [3.63, 3.8) is 0 Å². The van der Waals surface area contributed by atoms with E-state index in [9.17, 15) is 0 Å². The Balaban J connectivity index is 0.00000245. The number of piperazine rings is 1. The summed E-state index contributed by atoms with van der Waals surface area (Å²) in [7, 11) is 0. The average molecular weight is 464 g/mol. The zero-order valence-electron chi connectivity index (χ0n) is 18.8. The Morgan fingerprint density at radius 1 is 1.09 bits per heavy atom. The van der Waals surface area contributed by atoms with Crippen LogP contribution in [0, 0.1) is 5.92 Å². The van der Waals surface area contributed by atoms with Gasteiger partial charge in [0.05, 0.1) is 18.7 Å². The summed E-state index contributed by atoms with van der Waals surface area (Å²) in [6.45, 7) is 11.4. The number of fused-ring (bicyclic) bond motifs is 1. The molecule has 2 fully saturated rings. The highest BCUT2D eigenvalue weighted by Gasteiger charge is 2.32. The van der Waals surface area contributed by atoms with Crippen molar-refractivity contribution in [2.45, 2.75) is 51.9 Å². The lowest BCUT2D eigenvalue weighted by molar-refractivity contribution is -0.00000986. The normalized spacial score (nSPS) is 22.3. The molecule has 0 aliphatic carbocycles. The maximum atomic E-state index is 5.81. The smallest absolute Gasteiger partial charge is 0.231 e. The van der Waals surface area contributed by atoms with E-state index in [1.54, 1.807) is 0 Å². The monoisotopic (exact) mass is 463 g/mol. The van der Waals surface area contributed by atoms with Crippen LogP contribution in [0.25, 0.3) is 0 Å². The van der Waals surface area contributed by atoms with Crippen LogP contribution in [-0.2, 0) is 17.8 Å². The molecule has 0 saturated carbocycles. The molecule has 10 heteroatoms. The van der Waals surface area contributed by atoms with Crippen LogP contribution in [0.3, 0.4) is 0 Å². The molecule has 32 heavy (non-hydrogen) atoms. The fraction of sp³-hybridized carbons (Fsp3) is 0.682. The van der Waals surface area contributed by atoms with Gasteiger partial charge in [0.15, 0.2) is 17.3 Å². The molecule has 0 amide bonds. The van der Waals surface area contributed by atoms with Crippen molar-refractivity contribution in [2.24, 2.45) is 5.92 Å². The Morgan fingerprint density at radius 2 is 1.91 bits per heavy atom. The van der Waals surface area contributed by atoms with Crippen LogP contribution < -0.4 is 21.9 Å². The SMILES string of the molecule is CC(C)C(c1nnnn1CC1CCCO1)N1CCN(Cc2ccc3c(c2)OCO3)CC1.[Cl-]. The van der Waals surface area contributed by atoms with Crippen LogP contribution in [0.5, 0.6) is 11.5 Å². The van der Waals surface area contributed by atoms with E-state index in [1.165, 1.54) is 5.56 Å². The third-order valence-corrected chi connectivity index (χ3v) is 6.50. The van der Waals surface area contributed by atoms with Gasteiger partial charge in [0.1, 0.15) is 0 Å². The summed E-state index contributed by atoms with van der Waals surface area (Å²) in [5.74, 6) is 3.09. The first-order chi connectivity index (χ1) is 15.2. The largest absolute Gasteiger partial charge is 1.00 e. The molecule has 5 rings (SSSR count). The van der Waals surface area contributed by atoms with Crippen LogP contribution in [0.15, 0.2) is 18.2 Å². The number of hydrogen-bond donors (Lipinski definition) is 0. The van der Waals surface area contributed by atoms with E-state index in [0.29, 0.717) is 12.7 Å². The number of benzene rings is 1. The molecule has 3 aliphatic heterocycles. The minimum Gasteiger partial charge on any atom is -1.00 e. The average Bonchev–Trinajstić information content (AvgIpc) is 3.52. The summed E-state index contributed by atoms with van der Waals surface area (Å²) in [6, 6.07) is 6.46. The number of tetrazole rings is 1. The van der Waals surface area contributed by atoms with E-state index >= 15 is 0 Å². The van der Waals surface area contributed by atoms with Gasteiger partial charge in [-0.3, -0.25) is 9.80 Å². The quantitative estimate of drug-likeness (QED) is 0.523. The summed E-state index contributed by atoms with van der Waals surface area (Å²) >= 11 is 0. The highest BCUT2D eigenvalue weighted by Crippen LogP contribution is 2.33. The second kappa shape index (κ2) is 10.3. The van der Waals surface area contributed by atoms with Gasteiger partial charge in [-0.1, -0.05) is 19.9 Å². The van der Waals surface area contributed by atoms with Crippen LogP contribution >= 0.6 is 0 Å². The number of hydrogen-bond acceptors (Lipinski definition) is 8. The first-order valence-corrected chi connectivity index (χ1v) is 11.4. The summed E-state index contributed by atoms with van der Waals surface area (Å²) in [6.07, 6.45) is 2.44. The first kappa shape index (κ1) is 23.2. The summed E-state index contributed by atoms with van der Waals surface area (Å²) in [4.78, 5) is 5.04. The van der Waals surface area contributed by atoms with Crippen molar-refractivity contribution in [1.29, 1.82) is 0 Å². The molecule has 2 atom stereocenters. The number of aromatic nitrogens is 4. The molecule has 176 valence electrons. The van der Waals surface area contributed by atoms with E-state index < -0.39 is 0 Å². The Morgan fingerprint density at radius 3 is 2.66 bits per heavy atom. The lowest BCUT2D eigenvalue weighted by Gasteiger charge is -2.40. The van der Waals surface area contributed by atoms with E-state index in [4.69, 9.17) is 14.2 Å². The van der Waals surface area contributed by atoms with Crippen LogP contribution in [0.2, 0.25) is 0 Å². The van der Waals surface area contributed by atoms with Gasteiger partial charge in [0.2, 0.25) is 6.79 Å². The molecule has 2 aromatic rings. The number of ether oxygens (including phenoxy) is 3. The van der Waals surface area contributed by atoms with Crippen LogP contribution in [0.1, 0.15) is 44.1 Å². The Hall–Kier alpha value is -1.94. The van der Waals surface area contributed by atoms with E-state index in [0.717, 1.165) is 76.0 Å². The maximum absolute atomic E-state index is 5.81. The molecule has 3 aliphatic rings. The zero-order chi connectivity index (χ0) is 21.2. The fourth-order valence-corrected chi connectivity index (χ4v) is 4.91. The standard InChI is InChI=1S/C22H32N6O3.ClH/c1-16(2)21(22-23-24-25-28(22)14-18-4-3-11-29-18)27-9-7-26(8-10-27)13-17-5-6-19-20(12-17)31-15-30-19;/h5-6,12,16,18,21H,3-4,7-11,13-15H2,1-2H3;1H/p-1. The number of halogens is 1. The first-order valence-electron chi connectivity index (χ1n) is 11.4. The highest BCUT2D eigenvalue weighted by molar-refractivity contribution is 5.44. The molecular weight excluding hydrogens is 432 g/mol. The van der Waals surface area contributed by atoms with Gasteiger partial charge in [0, 0.05) is 39.3 Å². The number of nitrogens with zero attached hydrogens (tertiary/aromatic N) is 6. The molecule has 0 bridgehead atoms. The van der Waals surface area contributed by atoms with E-state index in [-0.39, 0.29) is 24.6 Å². The van der Waals surface area contributed by atoms with Gasteiger partial charge in [0.25, 0.3) is 0 Å². The van der Waals surface area contributed by atoms with Crippen molar-refractivity contribution in [3.05, 3.63) is 29.6 Å². The van der Waals surface area contributed by atoms with Gasteiger partial charge in [-0.2, -0.15) is 0 Å². The molecule has 4 heterocycles. The van der Waals surface area contributed by atoms with Crippen LogP contribution in [-0.4, -0.2) is 75.7 Å². The lowest BCUT2D eigenvalue weighted by atomic mass is 10.0. The molecule has 9 nitrogen and oxygen atoms in total. The molecule has 2 unspecified atom stereocenters. The second-order valence-electron chi connectivity index (χ2n) is 9.04. The molecule has 0 spiro atoms. The Bertz CT molecular complexity index is 880. The summed E-state index contributed by atoms with van der Waals surface area (Å²) in [5.41, 5.74) is 1.26. The topological polar surface area (TPSA) is 77.8 Å². The van der Waals surface area contributed by atoms with E-state index in [1.807, 2.05) is 10.7 Å². The van der Waals surface area contributed by atoms with Crippen molar-refractivity contribution >= 4 is 0 Å². The minimum absolute atomic E-state index is 0. The fourth-order valence-electron chi connectivity index (χ4n) is 4.91. The summed E-state index contributed by atoms with van der Waals surface area (Å²) < 4.78 is 18.7. The van der Waals surface area contributed by atoms with Crippen molar-refractivity contribution < 1.29 is 26.6 Å².